The first-order valence-corrected chi connectivity index (χ1v) is 7.83. The quantitative estimate of drug-likeness (QED) is 0.585. The minimum Gasteiger partial charge on any atom is -0.497 e. The molecule has 0 saturated heterocycles. The Morgan fingerprint density at radius 1 is 1.13 bits per heavy atom. The zero-order chi connectivity index (χ0) is 16.8. The van der Waals surface area contributed by atoms with E-state index in [0.29, 0.717) is 13.1 Å². The van der Waals surface area contributed by atoms with Crippen LogP contribution in [-0.2, 0) is 32.0 Å². The number of benzene rings is 1. The van der Waals surface area contributed by atoms with E-state index in [-0.39, 0.29) is 13.2 Å². The van der Waals surface area contributed by atoms with Crippen LogP contribution in [0.3, 0.4) is 0 Å². The van der Waals surface area contributed by atoms with Crippen LogP contribution >= 0.6 is 0 Å². The number of ether oxygens (including phenoxy) is 3. The maximum absolute atomic E-state index is 12.2. The van der Waals surface area contributed by atoms with Gasteiger partial charge in [-0.05, 0) is 43.5 Å². The second kappa shape index (κ2) is 7.97. The summed E-state index contributed by atoms with van der Waals surface area (Å²) < 4.78 is 15.3. The van der Waals surface area contributed by atoms with Gasteiger partial charge in [0.25, 0.3) is 0 Å². The zero-order valence-corrected chi connectivity index (χ0v) is 13.8. The summed E-state index contributed by atoms with van der Waals surface area (Å²) in [4.78, 5) is 26.2. The lowest BCUT2D eigenvalue weighted by molar-refractivity contribution is -0.164. The van der Waals surface area contributed by atoms with Crippen molar-refractivity contribution in [3.05, 3.63) is 29.3 Å². The van der Waals surface area contributed by atoms with Crippen LogP contribution in [-0.4, -0.2) is 49.7 Å². The first-order chi connectivity index (χ1) is 11.1. The van der Waals surface area contributed by atoms with Crippen LogP contribution < -0.4 is 4.74 Å². The average Bonchev–Trinajstić information content (AvgIpc) is 2.55. The second-order valence-corrected chi connectivity index (χ2v) is 5.26. The summed E-state index contributed by atoms with van der Waals surface area (Å²) in [6.07, 6.45) is 0.759. The number of fused-ring (bicyclic) bond motifs is 1. The molecule has 0 radical (unpaired) electrons. The summed E-state index contributed by atoms with van der Waals surface area (Å²) in [5.41, 5.74) is 2.25. The van der Waals surface area contributed by atoms with Gasteiger partial charge in [-0.3, -0.25) is 4.90 Å². The molecular weight excluding hydrogens is 298 g/mol. The molecule has 2 rings (SSSR count). The van der Waals surface area contributed by atoms with Gasteiger partial charge in [0.15, 0.2) is 0 Å². The lowest BCUT2D eigenvalue weighted by atomic mass is 9.98. The van der Waals surface area contributed by atoms with Crippen molar-refractivity contribution in [1.29, 1.82) is 0 Å². The molecule has 0 N–H and O–H groups in total. The van der Waals surface area contributed by atoms with Gasteiger partial charge in [0.05, 0.1) is 20.3 Å². The van der Waals surface area contributed by atoms with Crippen molar-refractivity contribution in [2.75, 3.05) is 26.9 Å². The Bertz CT molecular complexity index is 554. The molecule has 0 saturated carbocycles. The van der Waals surface area contributed by atoms with Crippen LogP contribution in [0.2, 0.25) is 0 Å². The first-order valence-electron chi connectivity index (χ1n) is 7.83. The number of hydrogen-bond acceptors (Lipinski definition) is 6. The van der Waals surface area contributed by atoms with Crippen LogP contribution in [0.15, 0.2) is 18.2 Å². The lowest BCUT2D eigenvalue weighted by Gasteiger charge is -2.32. The molecule has 0 bridgehead atoms. The van der Waals surface area contributed by atoms with Gasteiger partial charge in [-0.1, -0.05) is 6.07 Å². The molecule has 1 aliphatic heterocycles. The highest BCUT2D eigenvalue weighted by atomic mass is 16.6. The van der Waals surface area contributed by atoms with Crippen molar-refractivity contribution in [2.24, 2.45) is 0 Å². The van der Waals surface area contributed by atoms with Crippen molar-refractivity contribution in [2.45, 2.75) is 32.9 Å². The van der Waals surface area contributed by atoms with Gasteiger partial charge in [0, 0.05) is 13.1 Å². The van der Waals surface area contributed by atoms with Gasteiger partial charge in [-0.2, -0.15) is 0 Å². The molecule has 1 heterocycles. The Labute approximate surface area is 136 Å². The molecule has 23 heavy (non-hydrogen) atoms. The number of methoxy groups -OCH3 is 1. The largest absolute Gasteiger partial charge is 0.497 e. The molecule has 6 nitrogen and oxygen atoms in total. The number of hydrogen-bond donors (Lipinski definition) is 0. The minimum atomic E-state index is -1.02. The third-order valence-electron chi connectivity index (χ3n) is 3.84. The topological polar surface area (TPSA) is 65.1 Å². The summed E-state index contributed by atoms with van der Waals surface area (Å²) >= 11 is 0. The fraction of sp³-hybridized carbons (Fsp3) is 0.529. The fourth-order valence-corrected chi connectivity index (χ4v) is 2.74. The number of nitrogens with zero attached hydrogens (tertiary/aromatic N) is 1. The van der Waals surface area contributed by atoms with Crippen LogP contribution in [0, 0.1) is 0 Å². The number of esters is 2. The summed E-state index contributed by atoms with van der Waals surface area (Å²) in [5, 5.41) is 0. The highest BCUT2D eigenvalue weighted by Gasteiger charge is 2.37. The molecule has 0 fully saturated rings. The average molecular weight is 321 g/mol. The predicted molar refractivity (Wildman–Crippen MR) is 84.2 cm³/mol. The fourth-order valence-electron chi connectivity index (χ4n) is 2.74. The van der Waals surface area contributed by atoms with Crippen molar-refractivity contribution < 1.29 is 23.8 Å². The molecule has 0 aliphatic carbocycles. The van der Waals surface area contributed by atoms with E-state index >= 15 is 0 Å². The van der Waals surface area contributed by atoms with Crippen molar-refractivity contribution in [3.8, 4) is 5.75 Å². The Morgan fingerprint density at radius 2 is 1.78 bits per heavy atom. The molecular formula is C17H23NO5. The van der Waals surface area contributed by atoms with Gasteiger partial charge in [-0.25, -0.2) is 9.59 Å². The molecule has 1 aromatic carbocycles. The van der Waals surface area contributed by atoms with Gasteiger partial charge < -0.3 is 14.2 Å². The van der Waals surface area contributed by atoms with E-state index in [1.54, 1.807) is 25.9 Å². The standard InChI is InChI=1S/C17H23NO5/c1-4-22-16(19)15(17(20)23-5-2)18-9-8-12-6-7-14(21-3)10-13(12)11-18/h6-7,10,15H,4-5,8-9,11H2,1-3H3. The molecule has 126 valence electrons. The molecule has 0 spiro atoms. The minimum absolute atomic E-state index is 0.229. The van der Waals surface area contributed by atoms with Crippen LogP contribution in [0.1, 0.15) is 25.0 Å². The molecule has 0 atom stereocenters. The molecule has 6 heteroatoms. The smallest absolute Gasteiger partial charge is 0.335 e. The third kappa shape index (κ3) is 4.01. The summed E-state index contributed by atoms with van der Waals surface area (Å²) in [6, 6.07) is 4.86. The van der Waals surface area contributed by atoms with Crippen molar-refractivity contribution in [1.82, 2.24) is 4.90 Å². The third-order valence-corrected chi connectivity index (χ3v) is 3.84. The molecule has 0 aromatic heterocycles. The maximum Gasteiger partial charge on any atom is 0.335 e. The van der Waals surface area contributed by atoms with Crippen LogP contribution in [0.5, 0.6) is 5.75 Å². The zero-order valence-electron chi connectivity index (χ0n) is 13.8. The summed E-state index contributed by atoms with van der Waals surface area (Å²) in [6.45, 7) is 4.98. The molecule has 1 aliphatic rings. The van der Waals surface area contributed by atoms with Gasteiger partial charge >= 0.3 is 11.9 Å². The van der Waals surface area contributed by atoms with Crippen LogP contribution in [0.25, 0.3) is 0 Å². The van der Waals surface area contributed by atoms with E-state index in [2.05, 4.69) is 0 Å². The summed E-state index contributed by atoms with van der Waals surface area (Å²) in [5.74, 6) is -0.357. The van der Waals surface area contributed by atoms with Crippen LogP contribution in [0.4, 0.5) is 0 Å². The second-order valence-electron chi connectivity index (χ2n) is 5.26. The molecule has 0 amide bonds. The van der Waals surface area contributed by atoms with Gasteiger partial charge in [-0.15, -0.1) is 0 Å². The van der Waals surface area contributed by atoms with Gasteiger partial charge in [0.2, 0.25) is 6.04 Å². The highest BCUT2D eigenvalue weighted by molar-refractivity contribution is 5.99. The normalized spacial score (nSPS) is 14.3. The molecule has 1 aromatic rings. The number of rotatable bonds is 6. The molecule has 0 unspecified atom stereocenters. The lowest BCUT2D eigenvalue weighted by Crippen LogP contribution is -2.50. The first kappa shape index (κ1) is 17.3. The monoisotopic (exact) mass is 321 g/mol. The van der Waals surface area contributed by atoms with E-state index in [9.17, 15) is 9.59 Å². The Kier molecular flexibility index (Phi) is 5.98. The van der Waals surface area contributed by atoms with E-state index in [1.165, 1.54) is 5.56 Å². The van der Waals surface area contributed by atoms with E-state index < -0.39 is 18.0 Å². The predicted octanol–water partition coefficient (Wildman–Crippen LogP) is 1.55. The van der Waals surface area contributed by atoms with E-state index in [4.69, 9.17) is 14.2 Å². The maximum atomic E-state index is 12.2. The Morgan fingerprint density at radius 3 is 2.35 bits per heavy atom. The number of carbonyl (C=O) groups is 2. The van der Waals surface area contributed by atoms with E-state index in [0.717, 1.165) is 17.7 Å². The summed E-state index contributed by atoms with van der Waals surface area (Å²) in [7, 11) is 1.61. The number of carbonyl (C=O) groups excluding carboxylic acids is 2. The SMILES string of the molecule is CCOC(=O)C(C(=O)OCC)N1CCc2ccc(OC)cc2C1. The van der Waals surface area contributed by atoms with E-state index in [1.807, 2.05) is 18.2 Å². The Hall–Kier alpha value is -2.08. The van der Waals surface area contributed by atoms with Gasteiger partial charge in [0.1, 0.15) is 5.75 Å². The highest BCUT2D eigenvalue weighted by Crippen LogP contribution is 2.25. The Balaban J connectivity index is 2.22. The van der Waals surface area contributed by atoms with Crippen molar-refractivity contribution >= 4 is 11.9 Å². The van der Waals surface area contributed by atoms with Crippen molar-refractivity contribution in [3.63, 3.8) is 0 Å².